The molecule has 0 bridgehead atoms. The van der Waals surface area contributed by atoms with Gasteiger partial charge in [0.1, 0.15) is 17.7 Å². The fourth-order valence-electron chi connectivity index (χ4n) is 1.45. The van der Waals surface area contributed by atoms with Crippen LogP contribution in [0.2, 0.25) is 5.02 Å². The van der Waals surface area contributed by atoms with Gasteiger partial charge in [-0.1, -0.05) is 11.6 Å². The van der Waals surface area contributed by atoms with E-state index in [9.17, 15) is 8.78 Å². The second-order valence-electron chi connectivity index (χ2n) is 3.56. The molecule has 18 heavy (non-hydrogen) atoms. The summed E-state index contributed by atoms with van der Waals surface area (Å²) in [7, 11) is 0. The molecule has 0 aliphatic rings. The minimum absolute atomic E-state index is 0.0140. The molecule has 2 nitrogen and oxygen atoms in total. The maximum absolute atomic E-state index is 13.2. The number of benzene rings is 2. The number of halogens is 3. The van der Waals surface area contributed by atoms with E-state index in [2.05, 4.69) is 5.32 Å². The highest BCUT2D eigenvalue weighted by atomic mass is 35.5. The number of hydrogen-bond acceptors (Lipinski definition) is 2. The second-order valence-corrected chi connectivity index (χ2v) is 3.96. The van der Waals surface area contributed by atoms with Gasteiger partial charge in [0.2, 0.25) is 0 Å². The topological polar surface area (TPSA) is 35.8 Å². The largest absolute Gasteiger partial charge is 0.354 e. The zero-order valence-electron chi connectivity index (χ0n) is 9.05. The Morgan fingerprint density at radius 2 is 1.89 bits per heavy atom. The smallest absolute Gasteiger partial charge is 0.143 e. The fraction of sp³-hybridized carbons (Fsp3) is 0. The van der Waals surface area contributed by atoms with Gasteiger partial charge in [-0.3, -0.25) is 0 Å². The van der Waals surface area contributed by atoms with Crippen LogP contribution in [0.25, 0.3) is 0 Å². The predicted molar refractivity (Wildman–Crippen MR) is 65.8 cm³/mol. The van der Waals surface area contributed by atoms with Crippen molar-refractivity contribution >= 4 is 23.0 Å². The molecule has 0 saturated heterocycles. The lowest BCUT2D eigenvalue weighted by Crippen LogP contribution is -1.95. The molecule has 0 aliphatic carbocycles. The molecule has 0 fully saturated rings. The van der Waals surface area contributed by atoms with E-state index in [1.54, 1.807) is 6.07 Å². The molecule has 0 spiro atoms. The van der Waals surface area contributed by atoms with Crippen LogP contribution in [0.3, 0.4) is 0 Å². The predicted octanol–water partition coefficient (Wildman–Crippen LogP) is 4.23. The van der Waals surface area contributed by atoms with Crippen LogP contribution >= 0.6 is 11.6 Å². The highest BCUT2D eigenvalue weighted by Crippen LogP contribution is 2.24. The molecule has 0 radical (unpaired) electrons. The van der Waals surface area contributed by atoms with Gasteiger partial charge in [-0.05, 0) is 36.4 Å². The molecular formula is C13H7ClF2N2. The van der Waals surface area contributed by atoms with Crippen LogP contribution in [0, 0.1) is 23.0 Å². The van der Waals surface area contributed by atoms with Crippen LogP contribution in [0.5, 0.6) is 0 Å². The van der Waals surface area contributed by atoms with Crippen LogP contribution in [0.15, 0.2) is 36.4 Å². The first-order valence-electron chi connectivity index (χ1n) is 5.02. The van der Waals surface area contributed by atoms with Crippen molar-refractivity contribution in [2.45, 2.75) is 0 Å². The lowest BCUT2D eigenvalue weighted by atomic mass is 10.2. The minimum Gasteiger partial charge on any atom is -0.354 e. The first kappa shape index (κ1) is 12.3. The molecule has 2 aromatic rings. The molecule has 0 atom stereocenters. The number of hydrogen-bond donors (Lipinski definition) is 1. The summed E-state index contributed by atoms with van der Waals surface area (Å²) in [5.74, 6) is -1.07. The minimum atomic E-state index is -0.567. The van der Waals surface area contributed by atoms with Gasteiger partial charge in [0, 0.05) is 5.69 Å². The zero-order valence-corrected chi connectivity index (χ0v) is 9.80. The maximum Gasteiger partial charge on any atom is 0.143 e. The molecule has 90 valence electrons. The molecule has 0 aromatic heterocycles. The van der Waals surface area contributed by atoms with E-state index in [0.29, 0.717) is 11.4 Å². The maximum atomic E-state index is 13.2. The summed E-state index contributed by atoms with van der Waals surface area (Å²) in [6.45, 7) is 0. The van der Waals surface area contributed by atoms with Gasteiger partial charge in [0.15, 0.2) is 0 Å². The molecule has 0 saturated carbocycles. The number of rotatable bonds is 2. The summed E-state index contributed by atoms with van der Waals surface area (Å²) in [5, 5.41) is 11.7. The SMILES string of the molecule is N#Cc1cc(F)ccc1Nc1ccc(Cl)c(F)c1. The normalized spacial score (nSPS) is 9.89. The van der Waals surface area contributed by atoms with Crippen LogP contribution in [0.1, 0.15) is 5.56 Å². The van der Waals surface area contributed by atoms with Crippen molar-refractivity contribution in [2.75, 3.05) is 5.32 Å². The lowest BCUT2D eigenvalue weighted by molar-refractivity contribution is 0.627. The van der Waals surface area contributed by atoms with Crippen LogP contribution < -0.4 is 5.32 Å². The zero-order chi connectivity index (χ0) is 13.1. The number of nitrogens with zero attached hydrogens (tertiary/aromatic N) is 1. The molecule has 5 heteroatoms. The van der Waals surface area contributed by atoms with Crippen LogP contribution in [0.4, 0.5) is 20.2 Å². The lowest BCUT2D eigenvalue weighted by Gasteiger charge is -2.08. The molecule has 0 heterocycles. The molecule has 0 amide bonds. The summed E-state index contributed by atoms with van der Waals surface area (Å²) in [5.41, 5.74) is 0.978. The monoisotopic (exact) mass is 264 g/mol. The van der Waals surface area contributed by atoms with Crippen molar-refractivity contribution in [3.8, 4) is 6.07 Å². The van der Waals surface area contributed by atoms with Gasteiger partial charge in [0.25, 0.3) is 0 Å². The van der Waals surface area contributed by atoms with E-state index in [1.807, 2.05) is 6.07 Å². The summed E-state index contributed by atoms with van der Waals surface area (Å²) >= 11 is 5.56. The summed E-state index contributed by atoms with van der Waals surface area (Å²) in [6.07, 6.45) is 0. The number of nitrogens with one attached hydrogen (secondary N) is 1. The third kappa shape index (κ3) is 2.58. The Morgan fingerprint density at radius 1 is 1.11 bits per heavy atom. The second kappa shape index (κ2) is 5.03. The van der Waals surface area contributed by atoms with Crippen LogP contribution in [-0.4, -0.2) is 0 Å². The Bertz CT molecular complexity index is 635. The van der Waals surface area contributed by atoms with Crippen LogP contribution in [-0.2, 0) is 0 Å². The van der Waals surface area contributed by atoms with E-state index in [4.69, 9.17) is 16.9 Å². The van der Waals surface area contributed by atoms with E-state index in [1.165, 1.54) is 24.3 Å². The summed E-state index contributed by atoms with van der Waals surface area (Å²) in [4.78, 5) is 0. The van der Waals surface area contributed by atoms with Crippen molar-refractivity contribution < 1.29 is 8.78 Å². The highest BCUT2D eigenvalue weighted by molar-refractivity contribution is 6.30. The molecule has 0 unspecified atom stereocenters. The third-order valence-corrected chi connectivity index (χ3v) is 2.61. The molecule has 2 rings (SSSR count). The van der Waals surface area contributed by atoms with Gasteiger partial charge >= 0.3 is 0 Å². The quantitative estimate of drug-likeness (QED) is 0.881. The van der Waals surface area contributed by atoms with Gasteiger partial charge in [-0.2, -0.15) is 5.26 Å². The van der Waals surface area contributed by atoms with Gasteiger partial charge < -0.3 is 5.32 Å². The first-order chi connectivity index (χ1) is 8.60. The molecule has 2 aromatic carbocycles. The Balaban J connectivity index is 2.34. The average molecular weight is 265 g/mol. The Labute approximate surface area is 107 Å². The Kier molecular flexibility index (Phi) is 3.45. The Morgan fingerprint density at radius 3 is 2.56 bits per heavy atom. The van der Waals surface area contributed by atoms with E-state index >= 15 is 0 Å². The number of anilines is 2. The Hall–Kier alpha value is -2.12. The average Bonchev–Trinajstić information content (AvgIpc) is 2.36. The van der Waals surface area contributed by atoms with E-state index in [0.717, 1.165) is 6.07 Å². The van der Waals surface area contributed by atoms with Crippen molar-refractivity contribution in [1.29, 1.82) is 5.26 Å². The van der Waals surface area contributed by atoms with Crippen molar-refractivity contribution in [2.24, 2.45) is 0 Å². The van der Waals surface area contributed by atoms with E-state index in [-0.39, 0.29) is 10.6 Å². The standard InChI is InChI=1S/C13H7ClF2N2/c14-11-3-2-10(6-12(11)16)18-13-4-1-9(15)5-8(13)7-17/h1-6,18H. The molecular weight excluding hydrogens is 258 g/mol. The summed E-state index contributed by atoms with van der Waals surface area (Å²) < 4.78 is 26.2. The van der Waals surface area contributed by atoms with Crippen molar-refractivity contribution in [3.63, 3.8) is 0 Å². The summed E-state index contributed by atoms with van der Waals surface area (Å²) in [6, 6.07) is 9.77. The highest BCUT2D eigenvalue weighted by Gasteiger charge is 2.06. The molecule has 0 aliphatic heterocycles. The fourth-order valence-corrected chi connectivity index (χ4v) is 1.56. The third-order valence-electron chi connectivity index (χ3n) is 2.30. The van der Waals surface area contributed by atoms with E-state index < -0.39 is 11.6 Å². The van der Waals surface area contributed by atoms with Crippen molar-refractivity contribution in [3.05, 3.63) is 58.6 Å². The van der Waals surface area contributed by atoms with Crippen molar-refractivity contribution in [1.82, 2.24) is 0 Å². The number of nitriles is 1. The van der Waals surface area contributed by atoms with Gasteiger partial charge in [-0.15, -0.1) is 0 Å². The first-order valence-corrected chi connectivity index (χ1v) is 5.39. The van der Waals surface area contributed by atoms with Gasteiger partial charge in [0.05, 0.1) is 16.3 Å². The molecule has 1 N–H and O–H groups in total. The van der Waals surface area contributed by atoms with Gasteiger partial charge in [-0.25, -0.2) is 8.78 Å².